The number of fused-ring (bicyclic) bond motifs is 1. The van der Waals surface area contributed by atoms with Crippen LogP contribution in [-0.2, 0) is 6.54 Å². The minimum absolute atomic E-state index is 0.214. The van der Waals surface area contributed by atoms with E-state index in [1.54, 1.807) is 12.3 Å². The fourth-order valence-electron chi connectivity index (χ4n) is 2.79. The highest BCUT2D eigenvalue weighted by Crippen LogP contribution is 2.23. The zero-order valence-corrected chi connectivity index (χ0v) is 10.7. The number of hydrogen-bond acceptors (Lipinski definition) is 3. The molecule has 1 aromatic heterocycles. The second-order valence-corrected chi connectivity index (χ2v) is 5.21. The van der Waals surface area contributed by atoms with Gasteiger partial charge >= 0.3 is 0 Å². The first-order valence-electron chi connectivity index (χ1n) is 6.62. The standard InChI is InChI=1S/C15H17FN2O/c16-14-6-12-2-1-4-17-15(12)13(7-14)9-18-5-3-11(8-18)10-19/h1-2,4,6-7,11,19H,3,5,8-10H2. The topological polar surface area (TPSA) is 36.4 Å². The van der Waals surface area contributed by atoms with Crippen molar-refractivity contribution in [2.45, 2.75) is 13.0 Å². The summed E-state index contributed by atoms with van der Waals surface area (Å²) in [6.07, 6.45) is 2.75. The number of aromatic nitrogens is 1. The van der Waals surface area contributed by atoms with Crippen molar-refractivity contribution in [3.05, 3.63) is 41.8 Å². The number of rotatable bonds is 3. The summed E-state index contributed by atoms with van der Waals surface area (Å²) < 4.78 is 13.6. The molecule has 2 aromatic rings. The van der Waals surface area contributed by atoms with Crippen LogP contribution in [0.25, 0.3) is 10.9 Å². The van der Waals surface area contributed by atoms with Crippen molar-refractivity contribution in [1.29, 1.82) is 0 Å². The summed E-state index contributed by atoms with van der Waals surface area (Å²) in [7, 11) is 0. The molecule has 1 unspecified atom stereocenters. The fraction of sp³-hybridized carbons (Fsp3) is 0.400. The van der Waals surface area contributed by atoms with Gasteiger partial charge in [0.15, 0.2) is 0 Å². The van der Waals surface area contributed by atoms with E-state index in [9.17, 15) is 4.39 Å². The summed E-state index contributed by atoms with van der Waals surface area (Å²) in [4.78, 5) is 6.61. The second-order valence-electron chi connectivity index (χ2n) is 5.21. The lowest BCUT2D eigenvalue weighted by Crippen LogP contribution is -2.21. The highest BCUT2D eigenvalue weighted by molar-refractivity contribution is 5.81. The van der Waals surface area contributed by atoms with Crippen molar-refractivity contribution in [2.75, 3.05) is 19.7 Å². The number of benzene rings is 1. The largest absolute Gasteiger partial charge is 0.396 e. The molecule has 1 fully saturated rings. The van der Waals surface area contributed by atoms with E-state index < -0.39 is 0 Å². The maximum atomic E-state index is 13.6. The molecule has 1 N–H and O–H groups in total. The van der Waals surface area contributed by atoms with Crippen LogP contribution in [0.5, 0.6) is 0 Å². The van der Waals surface area contributed by atoms with Crippen LogP contribution in [-0.4, -0.2) is 34.7 Å². The summed E-state index contributed by atoms with van der Waals surface area (Å²) in [5.74, 6) is 0.140. The lowest BCUT2D eigenvalue weighted by atomic mass is 10.1. The van der Waals surface area contributed by atoms with Crippen LogP contribution < -0.4 is 0 Å². The average molecular weight is 260 g/mol. The van der Waals surface area contributed by atoms with Gasteiger partial charge in [0, 0.05) is 31.3 Å². The molecular formula is C15H17FN2O. The van der Waals surface area contributed by atoms with E-state index in [4.69, 9.17) is 5.11 Å². The molecule has 0 bridgehead atoms. The van der Waals surface area contributed by atoms with Crippen LogP contribution in [0, 0.1) is 11.7 Å². The van der Waals surface area contributed by atoms with Gasteiger partial charge in [-0.1, -0.05) is 6.07 Å². The molecule has 1 aromatic carbocycles. The maximum absolute atomic E-state index is 13.6. The van der Waals surface area contributed by atoms with Gasteiger partial charge in [0.25, 0.3) is 0 Å². The van der Waals surface area contributed by atoms with Crippen molar-refractivity contribution < 1.29 is 9.50 Å². The van der Waals surface area contributed by atoms with E-state index in [1.165, 1.54) is 6.07 Å². The minimum Gasteiger partial charge on any atom is -0.396 e. The van der Waals surface area contributed by atoms with E-state index in [1.807, 2.05) is 12.1 Å². The molecule has 1 saturated heterocycles. The molecule has 0 aliphatic carbocycles. The van der Waals surface area contributed by atoms with Gasteiger partial charge in [0.2, 0.25) is 0 Å². The molecule has 1 aliphatic heterocycles. The lowest BCUT2D eigenvalue weighted by Gasteiger charge is -2.16. The molecule has 2 heterocycles. The van der Waals surface area contributed by atoms with Crippen LogP contribution >= 0.6 is 0 Å². The Balaban J connectivity index is 1.88. The summed E-state index contributed by atoms with van der Waals surface area (Å²) in [5.41, 5.74) is 1.80. The molecule has 1 aliphatic rings. The number of pyridine rings is 1. The number of halogens is 1. The highest BCUT2D eigenvalue weighted by Gasteiger charge is 2.22. The Hall–Kier alpha value is -1.52. The average Bonchev–Trinajstić information content (AvgIpc) is 2.86. The zero-order valence-electron chi connectivity index (χ0n) is 10.7. The Kier molecular flexibility index (Phi) is 3.44. The molecule has 0 saturated carbocycles. The van der Waals surface area contributed by atoms with E-state index in [-0.39, 0.29) is 12.4 Å². The SMILES string of the molecule is OCC1CCN(Cc2cc(F)cc3cccnc23)C1. The zero-order chi connectivity index (χ0) is 13.2. The smallest absolute Gasteiger partial charge is 0.124 e. The van der Waals surface area contributed by atoms with Gasteiger partial charge < -0.3 is 5.11 Å². The number of nitrogens with zero attached hydrogens (tertiary/aromatic N) is 2. The van der Waals surface area contributed by atoms with Crippen LogP contribution in [0.1, 0.15) is 12.0 Å². The third kappa shape index (κ3) is 2.60. The molecule has 4 heteroatoms. The monoisotopic (exact) mass is 260 g/mol. The molecule has 0 amide bonds. The van der Waals surface area contributed by atoms with E-state index in [0.717, 1.165) is 36.0 Å². The van der Waals surface area contributed by atoms with Gasteiger partial charge in [0.1, 0.15) is 5.82 Å². The van der Waals surface area contributed by atoms with Crippen LogP contribution in [0.2, 0.25) is 0 Å². The van der Waals surface area contributed by atoms with E-state index in [2.05, 4.69) is 9.88 Å². The van der Waals surface area contributed by atoms with Gasteiger partial charge in [-0.15, -0.1) is 0 Å². The number of aliphatic hydroxyl groups is 1. The predicted octanol–water partition coefficient (Wildman–Crippen LogP) is 2.19. The van der Waals surface area contributed by atoms with Crippen molar-refractivity contribution in [2.24, 2.45) is 5.92 Å². The van der Waals surface area contributed by atoms with E-state index >= 15 is 0 Å². The van der Waals surface area contributed by atoms with Crippen molar-refractivity contribution in [3.63, 3.8) is 0 Å². The molecule has 0 spiro atoms. The Morgan fingerprint density at radius 2 is 2.32 bits per heavy atom. The molecule has 100 valence electrons. The normalized spacial score (nSPS) is 20.2. The van der Waals surface area contributed by atoms with Gasteiger partial charge in [0.05, 0.1) is 5.52 Å². The summed E-state index contributed by atoms with van der Waals surface area (Å²) in [6.45, 7) is 2.76. The second kappa shape index (κ2) is 5.23. The molecule has 19 heavy (non-hydrogen) atoms. The highest BCUT2D eigenvalue weighted by atomic mass is 19.1. The van der Waals surface area contributed by atoms with E-state index in [0.29, 0.717) is 12.5 Å². The van der Waals surface area contributed by atoms with Crippen LogP contribution in [0.15, 0.2) is 30.5 Å². The molecule has 1 atom stereocenters. The quantitative estimate of drug-likeness (QED) is 0.919. The van der Waals surface area contributed by atoms with Crippen LogP contribution in [0.4, 0.5) is 4.39 Å². The minimum atomic E-state index is -0.214. The lowest BCUT2D eigenvalue weighted by molar-refractivity contribution is 0.220. The molecule has 0 radical (unpaired) electrons. The van der Waals surface area contributed by atoms with Gasteiger partial charge in [-0.25, -0.2) is 4.39 Å². The first kappa shape index (κ1) is 12.5. The third-order valence-corrected chi connectivity index (χ3v) is 3.77. The molecule has 3 rings (SSSR count). The number of hydrogen-bond donors (Lipinski definition) is 1. The Morgan fingerprint density at radius 1 is 1.42 bits per heavy atom. The predicted molar refractivity (Wildman–Crippen MR) is 72.2 cm³/mol. The Bertz CT molecular complexity index is 587. The summed E-state index contributed by atoms with van der Waals surface area (Å²) in [6, 6.07) is 6.80. The van der Waals surface area contributed by atoms with Crippen LogP contribution in [0.3, 0.4) is 0 Å². The summed E-state index contributed by atoms with van der Waals surface area (Å²) >= 11 is 0. The Morgan fingerprint density at radius 3 is 3.11 bits per heavy atom. The van der Waals surface area contributed by atoms with Crippen molar-refractivity contribution in [1.82, 2.24) is 9.88 Å². The Labute approximate surface area is 111 Å². The molecular weight excluding hydrogens is 243 g/mol. The van der Waals surface area contributed by atoms with Crippen molar-refractivity contribution >= 4 is 10.9 Å². The first-order chi connectivity index (χ1) is 9.26. The first-order valence-corrected chi connectivity index (χ1v) is 6.62. The van der Waals surface area contributed by atoms with Gasteiger partial charge in [-0.3, -0.25) is 9.88 Å². The number of likely N-dealkylation sites (tertiary alicyclic amines) is 1. The molecule has 3 nitrogen and oxygen atoms in total. The van der Waals surface area contributed by atoms with Gasteiger partial charge in [-0.2, -0.15) is 0 Å². The van der Waals surface area contributed by atoms with Gasteiger partial charge in [-0.05, 0) is 42.6 Å². The number of aliphatic hydroxyl groups excluding tert-OH is 1. The summed E-state index contributed by atoms with van der Waals surface area (Å²) in [5, 5.41) is 10.0. The maximum Gasteiger partial charge on any atom is 0.124 e. The fourth-order valence-corrected chi connectivity index (χ4v) is 2.79. The van der Waals surface area contributed by atoms with Crippen molar-refractivity contribution in [3.8, 4) is 0 Å². The third-order valence-electron chi connectivity index (χ3n) is 3.77.